The number of benzene rings is 1. The number of ketones is 2. The molecular weight excluding hydrogens is 548 g/mol. The summed E-state index contributed by atoms with van der Waals surface area (Å²) < 4.78 is 33.9. The maximum atomic E-state index is 17.4. The molecule has 9 atom stereocenters. The highest BCUT2D eigenvalue weighted by Gasteiger charge is 2.79. The zero-order valence-corrected chi connectivity index (χ0v) is 22.3. The monoisotopic (exact) mass is 577 g/mol. The van der Waals surface area contributed by atoms with E-state index in [2.05, 4.69) is 15.9 Å². The number of alkyl halides is 2. The second kappa shape index (κ2) is 8.04. The minimum absolute atomic E-state index is 0.0674. The van der Waals surface area contributed by atoms with Gasteiger partial charge in [-0.25, -0.2) is 8.78 Å². The van der Waals surface area contributed by atoms with Crippen LogP contribution in [-0.2, 0) is 14.4 Å². The molecule has 0 spiro atoms. The number of nitrogens with zero attached hydrogens (tertiary/aromatic N) is 1. The predicted molar refractivity (Wildman–Crippen MR) is 135 cm³/mol. The number of Topliss-reactive ketones (excluding diaryl/α,β-unsaturated/α-hetero) is 1. The summed E-state index contributed by atoms with van der Waals surface area (Å²) in [6.45, 7) is 2.96. The van der Waals surface area contributed by atoms with Gasteiger partial charge >= 0.3 is 0 Å². The Hall–Kier alpha value is -1.94. The molecule has 1 aliphatic heterocycles. The van der Waals surface area contributed by atoms with E-state index in [9.17, 15) is 19.8 Å². The van der Waals surface area contributed by atoms with Gasteiger partial charge in [-0.05, 0) is 68.0 Å². The topological polar surface area (TPSA) is 87.1 Å². The van der Waals surface area contributed by atoms with Crippen LogP contribution in [0.15, 0.2) is 52.5 Å². The lowest BCUT2D eigenvalue weighted by Gasteiger charge is -2.63. The molecule has 3 saturated carbocycles. The molecule has 198 valence electrons. The summed E-state index contributed by atoms with van der Waals surface area (Å²) >= 11 is 3.46. The van der Waals surface area contributed by atoms with Crippen molar-refractivity contribution in [1.29, 1.82) is 0 Å². The average molecular weight is 578 g/mol. The lowest BCUT2D eigenvalue weighted by atomic mass is 9.44. The molecule has 2 N–H and O–H groups in total. The van der Waals surface area contributed by atoms with Gasteiger partial charge in [-0.15, -0.1) is 0 Å². The van der Waals surface area contributed by atoms with Crippen molar-refractivity contribution in [1.82, 2.24) is 0 Å². The molecule has 5 aliphatic rings. The molecule has 0 radical (unpaired) electrons. The number of halogens is 3. The molecule has 6 rings (SSSR count). The molecule has 1 aromatic carbocycles. The van der Waals surface area contributed by atoms with Crippen molar-refractivity contribution in [3.63, 3.8) is 0 Å². The first kappa shape index (κ1) is 25.3. The van der Waals surface area contributed by atoms with Gasteiger partial charge in [0.2, 0.25) is 0 Å². The molecule has 0 bridgehead atoms. The Morgan fingerprint density at radius 3 is 2.73 bits per heavy atom. The van der Waals surface area contributed by atoms with E-state index in [1.807, 2.05) is 31.2 Å². The van der Waals surface area contributed by atoms with Crippen molar-refractivity contribution in [2.45, 2.75) is 56.7 Å². The summed E-state index contributed by atoms with van der Waals surface area (Å²) in [5.74, 6) is -2.68. The number of hydroxylamine groups is 1. The Morgan fingerprint density at radius 2 is 2.03 bits per heavy atom. The fraction of sp³-hybridized carbons (Fsp3) is 0.571. The lowest BCUT2D eigenvalue weighted by Crippen LogP contribution is -2.70. The maximum Gasteiger partial charge on any atom is 0.193 e. The number of carbonyl (C=O) groups excluding carboxylic acids is 2. The first-order valence-electron chi connectivity index (χ1n) is 12.7. The Bertz CT molecular complexity index is 1250. The van der Waals surface area contributed by atoms with Gasteiger partial charge in [-0.1, -0.05) is 35.0 Å². The zero-order valence-electron chi connectivity index (χ0n) is 20.7. The number of carbonyl (C=O) groups is 2. The van der Waals surface area contributed by atoms with E-state index in [4.69, 9.17) is 4.84 Å². The summed E-state index contributed by atoms with van der Waals surface area (Å²) in [4.78, 5) is 32.1. The molecule has 0 amide bonds. The van der Waals surface area contributed by atoms with Crippen molar-refractivity contribution >= 4 is 33.2 Å². The smallest absolute Gasteiger partial charge is 0.193 e. The highest BCUT2D eigenvalue weighted by Crippen LogP contribution is 2.72. The third kappa shape index (κ3) is 3.00. The second-order valence-corrected chi connectivity index (χ2v) is 12.7. The summed E-state index contributed by atoms with van der Waals surface area (Å²) in [5.41, 5.74) is -5.46. The number of aliphatic hydroxyl groups is 2. The fourth-order valence-electron chi connectivity index (χ4n) is 8.65. The first-order valence-corrected chi connectivity index (χ1v) is 13.5. The highest BCUT2D eigenvalue weighted by atomic mass is 79.9. The van der Waals surface area contributed by atoms with E-state index in [1.165, 1.54) is 18.2 Å². The van der Waals surface area contributed by atoms with Crippen molar-refractivity contribution in [3.8, 4) is 0 Å². The van der Waals surface area contributed by atoms with Crippen LogP contribution in [0, 0.1) is 28.6 Å². The van der Waals surface area contributed by atoms with Crippen molar-refractivity contribution in [2.24, 2.45) is 28.6 Å². The van der Waals surface area contributed by atoms with Crippen LogP contribution in [0.25, 0.3) is 0 Å². The first-order chi connectivity index (χ1) is 17.4. The van der Waals surface area contributed by atoms with Gasteiger partial charge in [0.05, 0.1) is 18.3 Å². The third-order valence-electron chi connectivity index (χ3n) is 10.3. The van der Waals surface area contributed by atoms with Crippen LogP contribution >= 0.6 is 15.9 Å². The summed E-state index contributed by atoms with van der Waals surface area (Å²) in [6, 6.07) is 7.44. The van der Waals surface area contributed by atoms with Gasteiger partial charge in [0.25, 0.3) is 0 Å². The highest BCUT2D eigenvalue weighted by molar-refractivity contribution is 9.10. The molecule has 4 aliphatic carbocycles. The van der Waals surface area contributed by atoms with E-state index in [-0.39, 0.29) is 24.3 Å². The quantitative estimate of drug-likeness (QED) is 0.563. The summed E-state index contributed by atoms with van der Waals surface area (Å²) in [5, 5.41) is 23.2. The standard InChI is InChI=1S/C28H30BrF2NO5/c1-25-7-6-18(34)10-21(25)22(30)11-20-19-8-15-13-32(17-5-3-4-16(29)9-17)37-28(15,24(36)14-33)26(19,2)12-23(35)27(20,25)31/h3-7,9-10,15,19-20,22-23,33,35H,8,11-14H2,1-2H3/t15-,19-,20-,22-,23-,25-,26-,27-,28-/m0/s1. The van der Waals surface area contributed by atoms with E-state index in [1.54, 1.807) is 12.0 Å². The molecule has 1 saturated heterocycles. The van der Waals surface area contributed by atoms with Crippen molar-refractivity contribution in [2.75, 3.05) is 18.2 Å². The van der Waals surface area contributed by atoms with Gasteiger partial charge in [-0.2, -0.15) is 0 Å². The number of hydrogen-bond acceptors (Lipinski definition) is 6. The summed E-state index contributed by atoms with van der Waals surface area (Å²) in [7, 11) is 0. The van der Waals surface area contributed by atoms with E-state index < -0.39 is 64.4 Å². The SMILES string of the molecule is C[C@]12C=CC(=O)C=C1[C@@H](F)C[C@H]1[C@@H]3C[C@H]4CN(c5cccc(Br)c5)O[C@@]4(C(=O)CO)[C@@]3(C)C[C@H](O)[C@@]12F. The molecule has 0 unspecified atom stereocenters. The van der Waals surface area contributed by atoms with Gasteiger partial charge < -0.3 is 10.2 Å². The molecule has 37 heavy (non-hydrogen) atoms. The third-order valence-corrected chi connectivity index (χ3v) is 10.8. The number of fused-ring (bicyclic) bond motifs is 7. The van der Waals surface area contributed by atoms with E-state index >= 15 is 8.78 Å². The van der Waals surface area contributed by atoms with E-state index in [0.717, 1.165) is 10.2 Å². The van der Waals surface area contributed by atoms with E-state index in [0.29, 0.717) is 13.0 Å². The molecule has 1 heterocycles. The van der Waals surface area contributed by atoms with Gasteiger partial charge in [0.1, 0.15) is 12.8 Å². The van der Waals surface area contributed by atoms with Gasteiger partial charge in [0.15, 0.2) is 22.8 Å². The number of anilines is 1. The molecular formula is C28H30BrF2NO5. The largest absolute Gasteiger partial charge is 0.390 e. The number of allylic oxidation sites excluding steroid dienone is 4. The maximum absolute atomic E-state index is 17.4. The van der Waals surface area contributed by atoms with Crippen LogP contribution in [0.1, 0.15) is 33.1 Å². The van der Waals surface area contributed by atoms with Crippen LogP contribution in [0.2, 0.25) is 0 Å². The van der Waals surface area contributed by atoms with Crippen molar-refractivity contribution in [3.05, 3.63) is 52.5 Å². The second-order valence-electron chi connectivity index (χ2n) is 11.7. The van der Waals surface area contributed by atoms with Crippen LogP contribution in [0.4, 0.5) is 14.5 Å². The number of hydrogen-bond donors (Lipinski definition) is 2. The lowest BCUT2D eigenvalue weighted by molar-refractivity contribution is -0.228. The molecule has 0 aromatic heterocycles. The summed E-state index contributed by atoms with van der Waals surface area (Å²) in [6.07, 6.45) is 0.838. The van der Waals surface area contributed by atoms with Crippen molar-refractivity contribution < 1.29 is 33.4 Å². The van der Waals surface area contributed by atoms with Crippen LogP contribution in [0.5, 0.6) is 0 Å². The zero-order chi connectivity index (χ0) is 26.5. The minimum Gasteiger partial charge on any atom is -0.390 e. The number of rotatable bonds is 3. The van der Waals surface area contributed by atoms with Crippen LogP contribution in [-0.4, -0.2) is 58.5 Å². The van der Waals surface area contributed by atoms with Gasteiger partial charge in [-0.3, -0.25) is 19.5 Å². The van der Waals surface area contributed by atoms with Crippen LogP contribution in [0.3, 0.4) is 0 Å². The van der Waals surface area contributed by atoms with Crippen LogP contribution < -0.4 is 5.06 Å². The Balaban J connectivity index is 1.45. The Labute approximate surface area is 222 Å². The Kier molecular flexibility index (Phi) is 5.50. The normalized spacial score (nSPS) is 46.1. The van der Waals surface area contributed by atoms with Gasteiger partial charge in [0, 0.05) is 27.1 Å². The average Bonchev–Trinajstić information content (AvgIpc) is 3.35. The minimum atomic E-state index is -2.23. The molecule has 4 fully saturated rings. The predicted octanol–water partition coefficient (Wildman–Crippen LogP) is 4.05. The number of aliphatic hydroxyl groups excluding tert-OH is 2. The Morgan fingerprint density at radius 1 is 1.27 bits per heavy atom. The fourth-order valence-corrected chi connectivity index (χ4v) is 9.04. The molecule has 6 nitrogen and oxygen atoms in total. The molecule has 1 aromatic rings. The molecule has 9 heteroatoms.